The van der Waals surface area contributed by atoms with Crippen LogP contribution in [0.1, 0.15) is 50.4 Å². The number of carbonyl (C=O) groups is 1. The summed E-state index contributed by atoms with van der Waals surface area (Å²) in [6.07, 6.45) is 7.51. The smallest absolute Gasteiger partial charge is 0.223 e. The van der Waals surface area contributed by atoms with Gasteiger partial charge in [-0.15, -0.1) is 0 Å². The summed E-state index contributed by atoms with van der Waals surface area (Å²) in [5.74, 6) is 1.01. The van der Waals surface area contributed by atoms with E-state index in [1.807, 2.05) is 42.9 Å². The van der Waals surface area contributed by atoms with Gasteiger partial charge in [0.15, 0.2) is 5.82 Å². The number of aromatic nitrogens is 3. The molecule has 1 aliphatic carbocycles. The van der Waals surface area contributed by atoms with Gasteiger partial charge in [0.05, 0.1) is 17.9 Å². The van der Waals surface area contributed by atoms with Gasteiger partial charge in [0.2, 0.25) is 5.91 Å². The lowest BCUT2D eigenvalue weighted by atomic mass is 9.92. The van der Waals surface area contributed by atoms with E-state index in [9.17, 15) is 4.79 Å². The Balaban J connectivity index is 1.86. The number of hydrogen-bond acceptors (Lipinski definition) is 3. The molecule has 5 heteroatoms. The topological polar surface area (TPSA) is 59.8 Å². The Kier molecular flexibility index (Phi) is 4.22. The third kappa shape index (κ3) is 2.75. The molecule has 0 spiro atoms. The van der Waals surface area contributed by atoms with Gasteiger partial charge in [-0.3, -0.25) is 4.79 Å². The van der Waals surface area contributed by atoms with Gasteiger partial charge in [0, 0.05) is 17.7 Å². The minimum absolute atomic E-state index is 0.0520. The predicted molar refractivity (Wildman–Crippen MR) is 84.6 cm³/mol. The number of nitrogens with zero attached hydrogens (tertiary/aromatic N) is 3. The number of rotatable bonds is 4. The van der Waals surface area contributed by atoms with Crippen molar-refractivity contribution in [2.45, 2.75) is 45.6 Å². The molecule has 0 bridgehead atoms. The molecule has 2 unspecified atom stereocenters. The fourth-order valence-corrected chi connectivity index (χ4v) is 2.88. The van der Waals surface area contributed by atoms with E-state index in [2.05, 4.69) is 15.4 Å². The van der Waals surface area contributed by atoms with Crippen molar-refractivity contribution in [2.75, 3.05) is 0 Å². The zero-order valence-corrected chi connectivity index (χ0v) is 13.1. The molecule has 2 atom stereocenters. The van der Waals surface area contributed by atoms with Crippen LogP contribution in [-0.2, 0) is 11.2 Å². The summed E-state index contributed by atoms with van der Waals surface area (Å²) >= 11 is 0. The van der Waals surface area contributed by atoms with Crippen molar-refractivity contribution < 1.29 is 4.79 Å². The maximum absolute atomic E-state index is 12.2. The number of nitrogens with one attached hydrogen (secondary N) is 1. The summed E-state index contributed by atoms with van der Waals surface area (Å²) in [4.78, 5) is 16.5. The minimum Gasteiger partial charge on any atom is -0.349 e. The highest BCUT2D eigenvalue weighted by atomic mass is 16.1. The van der Waals surface area contributed by atoms with Crippen LogP contribution in [0.2, 0.25) is 0 Å². The van der Waals surface area contributed by atoms with Crippen molar-refractivity contribution >= 4 is 5.91 Å². The van der Waals surface area contributed by atoms with Gasteiger partial charge in [-0.05, 0) is 37.8 Å². The molecular formula is C17H22N4O. The van der Waals surface area contributed by atoms with E-state index in [1.54, 1.807) is 6.20 Å². The van der Waals surface area contributed by atoms with Crippen molar-refractivity contribution in [2.24, 2.45) is 5.92 Å². The number of carbonyl (C=O) groups excluding carboxylic acids is 1. The monoisotopic (exact) mass is 298 g/mol. The molecule has 5 nitrogen and oxygen atoms in total. The first-order valence-electron chi connectivity index (χ1n) is 7.99. The zero-order valence-electron chi connectivity index (χ0n) is 13.1. The van der Waals surface area contributed by atoms with Crippen LogP contribution in [0.15, 0.2) is 30.6 Å². The summed E-state index contributed by atoms with van der Waals surface area (Å²) in [5.41, 5.74) is 2.30. The number of hydrogen-bond donors (Lipinski definition) is 1. The quantitative estimate of drug-likeness (QED) is 0.944. The first-order chi connectivity index (χ1) is 10.7. The molecule has 0 radical (unpaired) electrons. The van der Waals surface area contributed by atoms with E-state index < -0.39 is 0 Å². The van der Waals surface area contributed by atoms with Crippen LogP contribution < -0.4 is 5.32 Å². The van der Waals surface area contributed by atoms with E-state index in [1.165, 1.54) is 5.69 Å². The molecule has 1 aliphatic rings. The normalized spacial score (nSPS) is 18.5. The summed E-state index contributed by atoms with van der Waals surface area (Å²) in [6, 6.07) is 5.88. The van der Waals surface area contributed by atoms with Crippen LogP contribution >= 0.6 is 0 Å². The van der Waals surface area contributed by atoms with Gasteiger partial charge in [0.25, 0.3) is 0 Å². The molecule has 2 heterocycles. The third-order valence-corrected chi connectivity index (χ3v) is 4.43. The summed E-state index contributed by atoms with van der Waals surface area (Å²) in [5, 5.41) is 7.67. The van der Waals surface area contributed by atoms with Crippen LogP contribution in [-0.4, -0.2) is 20.7 Å². The Morgan fingerprint density at radius 3 is 3.09 bits per heavy atom. The van der Waals surface area contributed by atoms with Crippen LogP contribution in [0.25, 0.3) is 5.82 Å². The minimum atomic E-state index is 0.0520. The summed E-state index contributed by atoms with van der Waals surface area (Å²) in [7, 11) is 0. The standard InChI is InChI=1S/C17H22N4O/c1-3-12(2)17(22)20-14-7-6-8-15-13(14)11-19-21(15)16-9-4-5-10-18-16/h4-5,9-12,14H,3,6-8H2,1-2H3,(H,20,22). The molecule has 0 saturated heterocycles. The molecular weight excluding hydrogens is 276 g/mol. The van der Waals surface area contributed by atoms with Gasteiger partial charge in [-0.1, -0.05) is 19.9 Å². The molecule has 2 aromatic heterocycles. The van der Waals surface area contributed by atoms with Gasteiger partial charge >= 0.3 is 0 Å². The van der Waals surface area contributed by atoms with Crippen LogP contribution in [0, 0.1) is 5.92 Å². The van der Waals surface area contributed by atoms with Gasteiger partial charge in [0.1, 0.15) is 0 Å². The highest BCUT2D eigenvalue weighted by Crippen LogP contribution is 2.31. The van der Waals surface area contributed by atoms with Crippen molar-refractivity contribution in [1.29, 1.82) is 0 Å². The molecule has 3 rings (SSSR count). The molecule has 2 aromatic rings. The van der Waals surface area contributed by atoms with Crippen LogP contribution in [0.5, 0.6) is 0 Å². The number of fused-ring (bicyclic) bond motifs is 1. The Morgan fingerprint density at radius 2 is 2.36 bits per heavy atom. The Morgan fingerprint density at radius 1 is 1.50 bits per heavy atom. The highest BCUT2D eigenvalue weighted by Gasteiger charge is 2.27. The maximum atomic E-state index is 12.2. The molecule has 116 valence electrons. The fourth-order valence-electron chi connectivity index (χ4n) is 2.88. The van der Waals surface area contributed by atoms with E-state index in [0.29, 0.717) is 0 Å². The second-order valence-corrected chi connectivity index (χ2v) is 5.91. The molecule has 0 aromatic carbocycles. The van der Waals surface area contributed by atoms with E-state index in [0.717, 1.165) is 37.1 Å². The predicted octanol–water partition coefficient (Wildman–Crippen LogP) is 2.81. The molecule has 0 saturated carbocycles. The zero-order chi connectivity index (χ0) is 15.5. The Labute approximate surface area is 130 Å². The molecule has 0 fully saturated rings. The van der Waals surface area contributed by atoms with Gasteiger partial charge in [-0.2, -0.15) is 5.10 Å². The average molecular weight is 298 g/mol. The third-order valence-electron chi connectivity index (χ3n) is 4.43. The van der Waals surface area contributed by atoms with Crippen molar-refractivity contribution in [3.63, 3.8) is 0 Å². The van der Waals surface area contributed by atoms with E-state index in [-0.39, 0.29) is 17.9 Å². The molecule has 22 heavy (non-hydrogen) atoms. The second-order valence-electron chi connectivity index (χ2n) is 5.91. The van der Waals surface area contributed by atoms with Crippen molar-refractivity contribution in [3.8, 4) is 5.82 Å². The number of pyridine rings is 1. The summed E-state index contributed by atoms with van der Waals surface area (Å²) in [6.45, 7) is 4.01. The maximum Gasteiger partial charge on any atom is 0.223 e. The second kappa shape index (κ2) is 6.30. The van der Waals surface area contributed by atoms with Gasteiger partial charge in [-0.25, -0.2) is 9.67 Å². The first-order valence-corrected chi connectivity index (χ1v) is 7.99. The largest absolute Gasteiger partial charge is 0.349 e. The SMILES string of the molecule is CCC(C)C(=O)NC1CCCc2c1cnn2-c1ccccn1. The lowest BCUT2D eigenvalue weighted by molar-refractivity contribution is -0.125. The van der Waals surface area contributed by atoms with E-state index >= 15 is 0 Å². The van der Waals surface area contributed by atoms with Gasteiger partial charge < -0.3 is 5.32 Å². The molecule has 1 N–H and O–H groups in total. The Bertz CT molecular complexity index is 650. The summed E-state index contributed by atoms with van der Waals surface area (Å²) < 4.78 is 1.90. The highest BCUT2D eigenvalue weighted by molar-refractivity contribution is 5.78. The van der Waals surface area contributed by atoms with E-state index in [4.69, 9.17) is 0 Å². The average Bonchev–Trinajstić information content (AvgIpc) is 3.00. The fraction of sp³-hybridized carbons (Fsp3) is 0.471. The lowest BCUT2D eigenvalue weighted by Crippen LogP contribution is -2.34. The van der Waals surface area contributed by atoms with Crippen LogP contribution in [0.4, 0.5) is 0 Å². The van der Waals surface area contributed by atoms with Crippen molar-refractivity contribution in [3.05, 3.63) is 41.9 Å². The molecule has 0 aliphatic heterocycles. The number of amides is 1. The van der Waals surface area contributed by atoms with Crippen LogP contribution in [0.3, 0.4) is 0 Å². The van der Waals surface area contributed by atoms with Crippen molar-refractivity contribution in [1.82, 2.24) is 20.1 Å². The molecule has 1 amide bonds. The Hall–Kier alpha value is -2.17. The lowest BCUT2D eigenvalue weighted by Gasteiger charge is -2.25. The first kappa shape index (κ1) is 14.8.